The number of fused-ring (bicyclic) bond motifs is 1. The van der Waals surface area contributed by atoms with Crippen molar-refractivity contribution in [1.82, 2.24) is 0 Å². The lowest BCUT2D eigenvalue weighted by atomic mass is 9.71. The normalized spacial score (nSPS) is 42.5. The highest BCUT2D eigenvalue weighted by Crippen LogP contribution is 2.63. The van der Waals surface area contributed by atoms with Gasteiger partial charge in [-0.25, -0.2) is 0 Å². The van der Waals surface area contributed by atoms with Crippen LogP contribution < -0.4 is 0 Å². The fourth-order valence-electron chi connectivity index (χ4n) is 3.64. The molecule has 0 aliphatic heterocycles. The summed E-state index contributed by atoms with van der Waals surface area (Å²) in [5.41, 5.74) is 0.540. The summed E-state index contributed by atoms with van der Waals surface area (Å²) in [6, 6.07) is 0. The molecule has 13 heavy (non-hydrogen) atoms. The monoisotopic (exact) mass is 200 g/mol. The van der Waals surface area contributed by atoms with E-state index in [0.717, 1.165) is 23.6 Å². The summed E-state index contributed by atoms with van der Waals surface area (Å²) < 4.78 is 0. The van der Waals surface area contributed by atoms with Gasteiger partial charge in [-0.2, -0.15) is 0 Å². The fourth-order valence-corrected chi connectivity index (χ4v) is 4.08. The Kier molecular flexibility index (Phi) is 2.61. The van der Waals surface area contributed by atoms with Crippen molar-refractivity contribution in [3.05, 3.63) is 0 Å². The van der Waals surface area contributed by atoms with Crippen LogP contribution in [0.15, 0.2) is 0 Å². The van der Waals surface area contributed by atoms with Crippen LogP contribution in [-0.2, 0) is 0 Å². The van der Waals surface area contributed by atoms with Gasteiger partial charge in [0.2, 0.25) is 0 Å². The van der Waals surface area contributed by atoms with E-state index >= 15 is 0 Å². The standard InChI is InChI=1S/C12H21Cl/c1-3-11(4-2)12(8-13)6-9-5-10(9)7-12/h9-11H,3-8H2,1-2H3. The van der Waals surface area contributed by atoms with Crippen molar-refractivity contribution in [2.45, 2.75) is 46.0 Å². The predicted molar refractivity (Wildman–Crippen MR) is 58.1 cm³/mol. The van der Waals surface area contributed by atoms with Gasteiger partial charge in [0.25, 0.3) is 0 Å². The molecule has 0 spiro atoms. The van der Waals surface area contributed by atoms with Gasteiger partial charge in [-0.3, -0.25) is 0 Å². The van der Waals surface area contributed by atoms with Crippen LogP contribution in [0.1, 0.15) is 46.0 Å². The lowest BCUT2D eigenvalue weighted by molar-refractivity contribution is 0.165. The Bertz CT molecular complexity index is 174. The lowest BCUT2D eigenvalue weighted by Gasteiger charge is -2.36. The van der Waals surface area contributed by atoms with Gasteiger partial charge in [-0.1, -0.05) is 26.7 Å². The second kappa shape index (κ2) is 3.46. The van der Waals surface area contributed by atoms with Gasteiger partial charge < -0.3 is 0 Å². The van der Waals surface area contributed by atoms with Gasteiger partial charge in [0.15, 0.2) is 0 Å². The van der Waals surface area contributed by atoms with Crippen molar-refractivity contribution >= 4 is 11.6 Å². The van der Waals surface area contributed by atoms with Crippen molar-refractivity contribution < 1.29 is 0 Å². The Hall–Kier alpha value is 0.290. The molecule has 2 atom stereocenters. The van der Waals surface area contributed by atoms with E-state index in [-0.39, 0.29) is 0 Å². The molecule has 76 valence electrons. The summed E-state index contributed by atoms with van der Waals surface area (Å²) in [5.74, 6) is 3.93. The largest absolute Gasteiger partial charge is 0.126 e. The molecule has 0 bridgehead atoms. The SMILES string of the molecule is CCC(CC)C1(CCl)CC2CC2C1. The maximum atomic E-state index is 6.20. The van der Waals surface area contributed by atoms with Crippen LogP contribution in [0.25, 0.3) is 0 Å². The molecule has 0 nitrogen and oxygen atoms in total. The zero-order chi connectivity index (χ0) is 9.47. The zero-order valence-corrected chi connectivity index (χ0v) is 9.61. The molecule has 1 heteroatoms. The molecule has 2 fully saturated rings. The number of hydrogen-bond acceptors (Lipinski definition) is 0. The molecule has 0 aromatic carbocycles. The molecule has 0 amide bonds. The average molecular weight is 201 g/mol. The quantitative estimate of drug-likeness (QED) is 0.600. The third-order valence-electron chi connectivity index (χ3n) is 4.52. The first-order valence-corrected chi connectivity index (χ1v) is 6.35. The molecule has 0 heterocycles. The Labute approximate surface area is 87.0 Å². The van der Waals surface area contributed by atoms with Crippen LogP contribution in [0.3, 0.4) is 0 Å². The van der Waals surface area contributed by atoms with Gasteiger partial charge in [-0.05, 0) is 42.4 Å². The van der Waals surface area contributed by atoms with Crippen LogP contribution >= 0.6 is 11.6 Å². The number of hydrogen-bond donors (Lipinski definition) is 0. The molecule has 2 unspecified atom stereocenters. The summed E-state index contributed by atoms with van der Waals surface area (Å²) in [5, 5.41) is 0. The first kappa shape index (κ1) is 9.83. The Morgan fingerprint density at radius 2 is 1.77 bits per heavy atom. The van der Waals surface area contributed by atoms with Gasteiger partial charge in [0.1, 0.15) is 0 Å². The molecule has 2 aliphatic rings. The number of halogens is 1. The van der Waals surface area contributed by atoms with Crippen molar-refractivity contribution in [1.29, 1.82) is 0 Å². The molecule has 0 N–H and O–H groups in total. The predicted octanol–water partition coefficient (Wildman–Crippen LogP) is 4.08. The first-order valence-electron chi connectivity index (χ1n) is 5.81. The first-order chi connectivity index (χ1) is 6.25. The second-order valence-electron chi connectivity index (χ2n) is 5.17. The van der Waals surface area contributed by atoms with Crippen LogP contribution in [-0.4, -0.2) is 5.88 Å². The highest BCUT2D eigenvalue weighted by atomic mass is 35.5. The minimum Gasteiger partial charge on any atom is -0.126 e. The Morgan fingerprint density at radius 3 is 2.15 bits per heavy atom. The van der Waals surface area contributed by atoms with Crippen molar-refractivity contribution in [2.24, 2.45) is 23.2 Å². The van der Waals surface area contributed by atoms with Crippen LogP contribution in [0.2, 0.25) is 0 Å². The summed E-state index contributed by atoms with van der Waals surface area (Å²) in [6.07, 6.45) is 7.03. The molecule has 0 saturated heterocycles. The molecular formula is C12H21Cl. The number of rotatable bonds is 4. The third kappa shape index (κ3) is 1.52. The van der Waals surface area contributed by atoms with Crippen molar-refractivity contribution in [3.8, 4) is 0 Å². The van der Waals surface area contributed by atoms with E-state index in [2.05, 4.69) is 13.8 Å². The molecule has 2 aliphatic carbocycles. The van der Waals surface area contributed by atoms with E-state index in [1.807, 2.05) is 0 Å². The summed E-state index contributed by atoms with van der Waals surface area (Å²) in [6.45, 7) is 4.65. The van der Waals surface area contributed by atoms with E-state index in [1.54, 1.807) is 0 Å². The molecule has 2 rings (SSSR count). The molecule has 2 saturated carbocycles. The van der Waals surface area contributed by atoms with E-state index in [1.165, 1.54) is 32.1 Å². The van der Waals surface area contributed by atoms with Crippen LogP contribution in [0.4, 0.5) is 0 Å². The van der Waals surface area contributed by atoms with Crippen molar-refractivity contribution in [2.75, 3.05) is 5.88 Å². The highest BCUT2D eigenvalue weighted by Gasteiger charge is 2.55. The van der Waals surface area contributed by atoms with Gasteiger partial charge in [0.05, 0.1) is 0 Å². The zero-order valence-electron chi connectivity index (χ0n) is 8.85. The molecule has 0 aromatic rings. The molecule has 0 aromatic heterocycles. The van der Waals surface area contributed by atoms with Crippen molar-refractivity contribution in [3.63, 3.8) is 0 Å². The highest BCUT2D eigenvalue weighted by molar-refractivity contribution is 6.18. The molecule has 0 radical (unpaired) electrons. The van der Waals surface area contributed by atoms with E-state index in [0.29, 0.717) is 5.41 Å². The smallest absolute Gasteiger partial charge is 0.0282 e. The summed E-state index contributed by atoms with van der Waals surface area (Å²) >= 11 is 6.20. The maximum Gasteiger partial charge on any atom is 0.0282 e. The minimum atomic E-state index is 0.540. The Balaban J connectivity index is 2.06. The van der Waals surface area contributed by atoms with Crippen LogP contribution in [0.5, 0.6) is 0 Å². The van der Waals surface area contributed by atoms with E-state index in [4.69, 9.17) is 11.6 Å². The summed E-state index contributed by atoms with van der Waals surface area (Å²) in [4.78, 5) is 0. The lowest BCUT2D eigenvalue weighted by Crippen LogP contribution is -2.30. The van der Waals surface area contributed by atoms with Gasteiger partial charge >= 0.3 is 0 Å². The fraction of sp³-hybridized carbons (Fsp3) is 1.00. The van der Waals surface area contributed by atoms with E-state index in [9.17, 15) is 0 Å². The second-order valence-corrected chi connectivity index (χ2v) is 5.44. The maximum absolute atomic E-state index is 6.20. The number of alkyl halides is 1. The van der Waals surface area contributed by atoms with Gasteiger partial charge in [-0.15, -0.1) is 11.6 Å². The third-order valence-corrected chi connectivity index (χ3v) is 5.06. The topological polar surface area (TPSA) is 0 Å². The molecular weight excluding hydrogens is 180 g/mol. The Morgan fingerprint density at radius 1 is 1.23 bits per heavy atom. The minimum absolute atomic E-state index is 0.540. The average Bonchev–Trinajstić information content (AvgIpc) is 2.77. The van der Waals surface area contributed by atoms with Crippen LogP contribution in [0, 0.1) is 23.2 Å². The van der Waals surface area contributed by atoms with E-state index < -0.39 is 0 Å². The summed E-state index contributed by atoms with van der Waals surface area (Å²) in [7, 11) is 0. The van der Waals surface area contributed by atoms with Gasteiger partial charge in [0, 0.05) is 5.88 Å².